The van der Waals surface area contributed by atoms with Crippen molar-refractivity contribution in [1.29, 1.82) is 0 Å². The summed E-state index contributed by atoms with van der Waals surface area (Å²) in [7, 11) is 0. The highest BCUT2D eigenvalue weighted by Crippen LogP contribution is 2.03. The fourth-order valence-electron chi connectivity index (χ4n) is 1.13. The second kappa shape index (κ2) is 3.57. The molecule has 1 aliphatic heterocycles. The molecule has 70 valence electrons. The van der Waals surface area contributed by atoms with Gasteiger partial charge in [0.05, 0.1) is 18.7 Å². The predicted molar refractivity (Wildman–Crippen MR) is 44.7 cm³/mol. The zero-order valence-corrected chi connectivity index (χ0v) is 7.12. The van der Waals surface area contributed by atoms with Gasteiger partial charge in [-0.3, -0.25) is 4.79 Å². The molecule has 5 nitrogen and oxygen atoms in total. The summed E-state index contributed by atoms with van der Waals surface area (Å²) in [6, 6.07) is 1.74. The van der Waals surface area contributed by atoms with Crippen LogP contribution in [0.3, 0.4) is 0 Å². The van der Waals surface area contributed by atoms with Crippen LogP contribution in [0.15, 0.2) is 16.8 Å². The van der Waals surface area contributed by atoms with Crippen molar-refractivity contribution in [2.45, 2.75) is 6.54 Å². The Labute approximate surface area is 75.5 Å². The maximum absolute atomic E-state index is 11.3. The highest BCUT2D eigenvalue weighted by molar-refractivity contribution is 5.79. The summed E-state index contributed by atoms with van der Waals surface area (Å²) in [4.78, 5) is 11.3. The second-order valence-corrected chi connectivity index (χ2v) is 3.05. The van der Waals surface area contributed by atoms with E-state index in [4.69, 9.17) is 4.52 Å². The van der Waals surface area contributed by atoms with Gasteiger partial charge >= 0.3 is 0 Å². The number of hydrogen-bond acceptors (Lipinski definition) is 4. The van der Waals surface area contributed by atoms with Crippen molar-refractivity contribution in [2.75, 3.05) is 13.1 Å². The molecule has 1 saturated heterocycles. The first kappa shape index (κ1) is 8.25. The minimum atomic E-state index is 0.0788. The standard InChI is InChI=1S/C8H11N3O2/c12-8(6-3-9-4-6)10-5-7-1-2-11-13-7/h1-2,6,9H,3-5H2,(H,10,12). The Morgan fingerprint density at radius 2 is 2.62 bits per heavy atom. The summed E-state index contributed by atoms with van der Waals surface area (Å²) in [5.41, 5.74) is 0. The molecule has 0 bridgehead atoms. The second-order valence-electron chi connectivity index (χ2n) is 3.05. The SMILES string of the molecule is O=C(NCc1ccno1)C1CNC1. The monoisotopic (exact) mass is 181 g/mol. The molecular weight excluding hydrogens is 170 g/mol. The molecule has 1 aromatic rings. The molecule has 1 fully saturated rings. The van der Waals surface area contributed by atoms with Crippen LogP contribution < -0.4 is 10.6 Å². The average molecular weight is 181 g/mol. The zero-order chi connectivity index (χ0) is 9.10. The van der Waals surface area contributed by atoms with Gasteiger partial charge in [0.25, 0.3) is 0 Å². The smallest absolute Gasteiger partial charge is 0.226 e. The van der Waals surface area contributed by atoms with Gasteiger partial charge in [0, 0.05) is 19.2 Å². The summed E-state index contributed by atoms with van der Waals surface area (Å²) < 4.78 is 4.83. The van der Waals surface area contributed by atoms with Gasteiger partial charge < -0.3 is 15.2 Å². The van der Waals surface area contributed by atoms with E-state index in [0.717, 1.165) is 13.1 Å². The number of carbonyl (C=O) groups excluding carboxylic acids is 1. The number of carbonyl (C=O) groups is 1. The molecule has 13 heavy (non-hydrogen) atoms. The number of nitrogens with one attached hydrogen (secondary N) is 2. The lowest BCUT2D eigenvalue weighted by molar-refractivity contribution is -0.126. The van der Waals surface area contributed by atoms with E-state index in [0.29, 0.717) is 12.3 Å². The van der Waals surface area contributed by atoms with Gasteiger partial charge in [0.1, 0.15) is 0 Å². The van der Waals surface area contributed by atoms with Crippen molar-refractivity contribution in [2.24, 2.45) is 5.92 Å². The van der Waals surface area contributed by atoms with Gasteiger partial charge in [0.2, 0.25) is 5.91 Å². The molecular formula is C8H11N3O2. The fraction of sp³-hybridized carbons (Fsp3) is 0.500. The summed E-state index contributed by atoms with van der Waals surface area (Å²) in [6.45, 7) is 1.99. The van der Waals surface area contributed by atoms with Gasteiger partial charge in [-0.1, -0.05) is 5.16 Å². The molecule has 0 unspecified atom stereocenters. The lowest BCUT2D eigenvalue weighted by atomic mass is 10.0. The van der Waals surface area contributed by atoms with Gasteiger partial charge in [-0.05, 0) is 0 Å². The molecule has 0 saturated carbocycles. The summed E-state index contributed by atoms with van der Waals surface area (Å²) >= 11 is 0. The Morgan fingerprint density at radius 1 is 1.77 bits per heavy atom. The number of hydrogen-bond donors (Lipinski definition) is 2. The van der Waals surface area contributed by atoms with Gasteiger partial charge in [0.15, 0.2) is 5.76 Å². The van der Waals surface area contributed by atoms with E-state index in [1.807, 2.05) is 0 Å². The third-order valence-corrected chi connectivity index (χ3v) is 2.08. The third kappa shape index (κ3) is 1.86. The first-order chi connectivity index (χ1) is 6.36. The van der Waals surface area contributed by atoms with Crippen LogP contribution in [0.1, 0.15) is 5.76 Å². The Bertz CT molecular complexity index is 280. The van der Waals surface area contributed by atoms with Crippen molar-refractivity contribution in [1.82, 2.24) is 15.8 Å². The molecule has 0 aromatic carbocycles. The Morgan fingerprint density at radius 3 is 3.15 bits per heavy atom. The van der Waals surface area contributed by atoms with Crippen LogP contribution in [0.2, 0.25) is 0 Å². The van der Waals surface area contributed by atoms with Crippen LogP contribution in [0, 0.1) is 5.92 Å². The topological polar surface area (TPSA) is 67.2 Å². The third-order valence-electron chi connectivity index (χ3n) is 2.08. The van der Waals surface area contributed by atoms with E-state index in [-0.39, 0.29) is 11.8 Å². The highest BCUT2D eigenvalue weighted by atomic mass is 16.5. The molecule has 1 amide bonds. The Hall–Kier alpha value is -1.36. The summed E-state index contributed by atoms with van der Waals surface area (Å²) in [6.07, 6.45) is 1.56. The molecule has 0 aliphatic carbocycles. The van der Waals surface area contributed by atoms with E-state index in [2.05, 4.69) is 15.8 Å². The van der Waals surface area contributed by atoms with Gasteiger partial charge in [-0.25, -0.2) is 0 Å². The van der Waals surface area contributed by atoms with E-state index in [1.54, 1.807) is 12.3 Å². The van der Waals surface area contributed by atoms with E-state index in [1.165, 1.54) is 0 Å². The summed E-state index contributed by atoms with van der Waals surface area (Å²) in [5, 5.41) is 9.35. The van der Waals surface area contributed by atoms with Gasteiger partial charge in [-0.15, -0.1) is 0 Å². The molecule has 2 heterocycles. The fourth-order valence-corrected chi connectivity index (χ4v) is 1.13. The minimum absolute atomic E-state index is 0.0788. The first-order valence-corrected chi connectivity index (χ1v) is 4.24. The highest BCUT2D eigenvalue weighted by Gasteiger charge is 2.24. The molecule has 1 aliphatic rings. The van der Waals surface area contributed by atoms with Crippen LogP contribution >= 0.6 is 0 Å². The number of rotatable bonds is 3. The van der Waals surface area contributed by atoms with Crippen molar-refractivity contribution in [3.8, 4) is 0 Å². The maximum Gasteiger partial charge on any atom is 0.226 e. The molecule has 2 rings (SSSR count). The maximum atomic E-state index is 11.3. The summed E-state index contributed by atoms with van der Waals surface area (Å²) in [5.74, 6) is 0.888. The van der Waals surface area contributed by atoms with E-state index in [9.17, 15) is 4.79 Å². The largest absolute Gasteiger partial charge is 0.360 e. The molecule has 1 aromatic heterocycles. The van der Waals surface area contributed by atoms with Gasteiger partial charge in [-0.2, -0.15) is 0 Å². The molecule has 5 heteroatoms. The quantitative estimate of drug-likeness (QED) is 0.660. The predicted octanol–water partition coefficient (Wildman–Crippen LogP) is -0.490. The molecule has 0 radical (unpaired) electrons. The normalized spacial score (nSPS) is 16.6. The van der Waals surface area contributed by atoms with E-state index < -0.39 is 0 Å². The van der Waals surface area contributed by atoms with E-state index >= 15 is 0 Å². The van der Waals surface area contributed by atoms with Crippen molar-refractivity contribution in [3.05, 3.63) is 18.0 Å². The van der Waals surface area contributed by atoms with Crippen molar-refractivity contribution in [3.63, 3.8) is 0 Å². The lowest BCUT2D eigenvalue weighted by Crippen LogP contribution is -2.50. The molecule has 0 spiro atoms. The number of aromatic nitrogens is 1. The first-order valence-electron chi connectivity index (χ1n) is 4.24. The van der Waals surface area contributed by atoms with Crippen molar-refractivity contribution < 1.29 is 9.32 Å². The average Bonchev–Trinajstić information content (AvgIpc) is 2.49. The van der Waals surface area contributed by atoms with Crippen LogP contribution in [0.5, 0.6) is 0 Å². The Kier molecular flexibility index (Phi) is 2.27. The zero-order valence-electron chi connectivity index (χ0n) is 7.12. The number of amides is 1. The molecule has 2 N–H and O–H groups in total. The van der Waals surface area contributed by atoms with Crippen LogP contribution in [0.4, 0.5) is 0 Å². The minimum Gasteiger partial charge on any atom is -0.360 e. The van der Waals surface area contributed by atoms with Crippen LogP contribution in [-0.4, -0.2) is 24.2 Å². The van der Waals surface area contributed by atoms with Crippen LogP contribution in [0.25, 0.3) is 0 Å². The molecule has 0 atom stereocenters. The number of nitrogens with zero attached hydrogens (tertiary/aromatic N) is 1. The van der Waals surface area contributed by atoms with Crippen molar-refractivity contribution >= 4 is 5.91 Å². The Balaban J connectivity index is 1.76. The lowest BCUT2D eigenvalue weighted by Gasteiger charge is -2.25. The van der Waals surface area contributed by atoms with Crippen LogP contribution in [-0.2, 0) is 11.3 Å².